The number of anilines is 4. The van der Waals surface area contributed by atoms with Crippen LogP contribution in [0.5, 0.6) is 23.0 Å². The lowest BCUT2D eigenvalue weighted by molar-refractivity contribution is -0.119. The van der Waals surface area contributed by atoms with Crippen LogP contribution in [0.3, 0.4) is 0 Å². The molecule has 85 heavy (non-hydrogen) atoms. The van der Waals surface area contributed by atoms with Crippen LogP contribution in [0, 0.1) is 23.7 Å². The minimum Gasteiger partial charge on any atom is -0.491 e. The summed E-state index contributed by atoms with van der Waals surface area (Å²) in [4.78, 5) is 110. The zero-order valence-corrected chi connectivity index (χ0v) is 49.8. The number of benzene rings is 4. The van der Waals surface area contributed by atoms with Crippen molar-refractivity contribution >= 4 is 70.1 Å². The lowest BCUT2D eigenvalue weighted by Gasteiger charge is -2.23. The second-order valence-corrected chi connectivity index (χ2v) is 21.9. The van der Waals surface area contributed by atoms with E-state index in [0.717, 1.165) is 0 Å². The minimum atomic E-state index is -1.30. The number of amides is 7. The van der Waals surface area contributed by atoms with Crippen molar-refractivity contribution in [1.82, 2.24) is 16.0 Å². The predicted octanol–water partition coefficient (Wildman–Crippen LogP) is 4.40. The first-order chi connectivity index (χ1) is 40.4. The summed E-state index contributed by atoms with van der Waals surface area (Å²) in [6.45, 7) is 15.7. The first kappa shape index (κ1) is 69.1. The fourth-order valence-corrected chi connectivity index (χ4v) is 8.66. The number of nitrogens with one attached hydrogen (secondary N) is 7. The van der Waals surface area contributed by atoms with Crippen LogP contribution in [0.4, 0.5) is 22.7 Å². The fourth-order valence-electron chi connectivity index (χ4n) is 8.66. The van der Waals surface area contributed by atoms with E-state index in [1.807, 2.05) is 55.4 Å². The van der Waals surface area contributed by atoms with E-state index >= 15 is 0 Å². The number of aromatic carboxylic acids is 1. The number of ether oxygens (including phenoxy) is 4. The van der Waals surface area contributed by atoms with Crippen LogP contribution in [0.25, 0.3) is 0 Å². The minimum absolute atomic E-state index is 0.00795. The molecule has 25 nitrogen and oxygen atoms in total. The van der Waals surface area contributed by atoms with Crippen LogP contribution in [0.15, 0.2) is 72.8 Å². The molecular formula is C60H86N12O13. The van der Waals surface area contributed by atoms with Gasteiger partial charge in [0.05, 0.1) is 22.7 Å². The van der Waals surface area contributed by atoms with Gasteiger partial charge < -0.3 is 89.9 Å². The molecule has 0 saturated carbocycles. The summed E-state index contributed by atoms with van der Waals surface area (Å²) in [5, 5.41) is 29.3. The number of hydrogen-bond acceptors (Lipinski definition) is 17. The predicted molar refractivity (Wildman–Crippen MR) is 325 cm³/mol. The van der Waals surface area contributed by atoms with E-state index in [-0.39, 0.29) is 164 Å². The molecule has 4 rings (SSSR count). The van der Waals surface area contributed by atoms with Crippen LogP contribution >= 0.6 is 0 Å². The summed E-state index contributed by atoms with van der Waals surface area (Å²) in [5.41, 5.74) is 29.2. The summed E-state index contributed by atoms with van der Waals surface area (Å²) >= 11 is 0. The van der Waals surface area contributed by atoms with Crippen molar-refractivity contribution in [2.24, 2.45) is 52.3 Å². The molecular weight excluding hydrogens is 1100 g/mol. The monoisotopic (exact) mass is 1180 g/mol. The number of carbonyl (C=O) groups is 8. The third kappa shape index (κ3) is 22.3. The molecule has 0 aliphatic rings. The highest BCUT2D eigenvalue weighted by Gasteiger charge is 2.30. The quantitative estimate of drug-likeness (QED) is 0.0304. The topological polar surface area (TPSA) is 408 Å². The highest BCUT2D eigenvalue weighted by Crippen LogP contribution is 2.29. The Morgan fingerprint density at radius 2 is 0.635 bits per heavy atom. The molecule has 4 atom stereocenters. The van der Waals surface area contributed by atoms with Crippen molar-refractivity contribution in [3.8, 4) is 23.0 Å². The molecule has 0 heterocycles. The molecule has 0 bridgehead atoms. The highest BCUT2D eigenvalue weighted by molar-refractivity contribution is 6.07. The summed E-state index contributed by atoms with van der Waals surface area (Å²) in [6, 6.07) is 13.0. The van der Waals surface area contributed by atoms with Gasteiger partial charge in [0.25, 0.3) is 17.7 Å². The Hall–Kier alpha value is -8.36. The summed E-state index contributed by atoms with van der Waals surface area (Å²) < 4.78 is 22.9. The second kappa shape index (κ2) is 34.4. The van der Waals surface area contributed by atoms with Gasteiger partial charge in [0.2, 0.25) is 23.6 Å². The van der Waals surface area contributed by atoms with Crippen molar-refractivity contribution in [3.05, 3.63) is 95.1 Å². The molecule has 4 aromatic rings. The molecule has 0 spiro atoms. The van der Waals surface area contributed by atoms with Crippen molar-refractivity contribution in [2.45, 2.75) is 105 Å². The number of hydrogen-bond donors (Lipinski definition) is 13. The third-order valence-corrected chi connectivity index (χ3v) is 12.5. The van der Waals surface area contributed by atoms with Gasteiger partial charge in [0.1, 0.15) is 73.1 Å². The molecule has 464 valence electrons. The third-order valence-electron chi connectivity index (χ3n) is 12.5. The zero-order chi connectivity index (χ0) is 62.9. The maximum absolute atomic E-state index is 14.4. The van der Waals surface area contributed by atoms with Gasteiger partial charge in [-0.25, -0.2) is 4.79 Å². The molecule has 0 aromatic heterocycles. The number of carboxylic acids is 1. The van der Waals surface area contributed by atoms with Crippen LogP contribution in [-0.2, 0) is 19.2 Å². The largest absolute Gasteiger partial charge is 0.491 e. The first-order valence-corrected chi connectivity index (χ1v) is 28.4. The maximum Gasteiger partial charge on any atom is 0.339 e. The van der Waals surface area contributed by atoms with E-state index in [4.69, 9.17) is 47.6 Å². The van der Waals surface area contributed by atoms with E-state index < -0.39 is 71.5 Å². The molecule has 4 aromatic carbocycles. The number of carbonyl (C=O) groups excluding carboxylic acids is 7. The number of nitrogens with two attached hydrogens (primary N) is 5. The molecule has 7 amide bonds. The Morgan fingerprint density at radius 1 is 0.388 bits per heavy atom. The van der Waals surface area contributed by atoms with Crippen molar-refractivity contribution < 1.29 is 62.4 Å². The molecule has 0 aliphatic carbocycles. The Balaban J connectivity index is 1.61. The number of carboxylic acid groups (broad SMARTS) is 1. The maximum atomic E-state index is 14.4. The van der Waals surface area contributed by atoms with E-state index in [0.29, 0.717) is 6.42 Å². The Kier molecular flexibility index (Phi) is 28.0. The van der Waals surface area contributed by atoms with Gasteiger partial charge >= 0.3 is 5.97 Å². The van der Waals surface area contributed by atoms with Gasteiger partial charge in [0, 0.05) is 48.9 Å². The average molecular weight is 1180 g/mol. The molecule has 0 radical (unpaired) electrons. The van der Waals surface area contributed by atoms with Gasteiger partial charge in [-0.05, 0) is 122 Å². The highest BCUT2D eigenvalue weighted by atomic mass is 16.5. The van der Waals surface area contributed by atoms with Crippen LogP contribution in [0.2, 0.25) is 0 Å². The average Bonchev–Trinajstić information content (AvgIpc) is 3.40. The second-order valence-electron chi connectivity index (χ2n) is 21.9. The SMILES string of the molecule is CC(C)C[C@H](NC(=O)c1cc(NC(=O)[C@@H](N)CC(C)C)ccc1OCCN)C(=O)Nc1ccc(OCCN)c(C(=O)N[C@H](CC(C)C)C(=O)Nc2ccc(OCCN)c(C(=O)N[C@H](CC(C)C)C(=O)Nc3ccc(OCCN)c(C(=O)O)c3)c2)c1. The molecule has 18 N–H and O–H groups in total. The standard InChI is InChI=1S/C60H86N12O13/c1-33(2)25-45(65)56(76)66-37-9-13-49(82-21-17-61)41(29-37)53(73)70-46(26-34(3)4)57(77)67-38-10-14-50(83-22-18-62)42(30-38)54(74)71-47(27-35(5)6)58(78)68-39-11-15-51(84-23-19-63)43(31-39)55(75)72-48(28-36(7)8)59(79)69-40-12-16-52(85-24-20-64)44(32-40)60(80)81/h9-16,29-36,45-48H,17-28,61-65H2,1-8H3,(H,66,76)(H,67,77)(H,68,78)(H,69,79)(H,70,73)(H,71,74)(H,72,75)(H,80,81)/t45-,46-,47+,48+/m0/s1. The lowest BCUT2D eigenvalue weighted by Crippen LogP contribution is -2.45. The van der Waals surface area contributed by atoms with Crippen molar-refractivity contribution in [3.63, 3.8) is 0 Å². The van der Waals surface area contributed by atoms with Crippen molar-refractivity contribution in [2.75, 3.05) is 73.9 Å². The lowest BCUT2D eigenvalue weighted by atomic mass is 10.0. The molecule has 0 saturated heterocycles. The van der Waals surface area contributed by atoms with E-state index in [1.54, 1.807) is 6.07 Å². The first-order valence-electron chi connectivity index (χ1n) is 28.4. The van der Waals surface area contributed by atoms with Crippen LogP contribution in [-0.4, -0.2) is 129 Å². The smallest absolute Gasteiger partial charge is 0.339 e. The normalized spacial score (nSPS) is 12.6. The van der Waals surface area contributed by atoms with E-state index in [2.05, 4.69) is 37.2 Å². The molecule has 25 heteroatoms. The Labute approximate surface area is 496 Å². The van der Waals surface area contributed by atoms with Gasteiger partial charge in [-0.2, -0.15) is 0 Å². The summed E-state index contributed by atoms with van der Waals surface area (Å²) in [7, 11) is 0. The van der Waals surface area contributed by atoms with Crippen LogP contribution in [0.1, 0.15) is 123 Å². The number of rotatable bonds is 35. The zero-order valence-electron chi connectivity index (χ0n) is 49.8. The van der Waals surface area contributed by atoms with E-state index in [1.165, 1.54) is 66.7 Å². The van der Waals surface area contributed by atoms with Crippen LogP contribution < -0.4 is 84.8 Å². The Bertz CT molecular complexity index is 2940. The molecule has 0 fully saturated rings. The van der Waals surface area contributed by atoms with E-state index in [9.17, 15) is 43.5 Å². The summed E-state index contributed by atoms with van der Waals surface area (Å²) in [6.07, 6.45) is 0.920. The van der Waals surface area contributed by atoms with Gasteiger partial charge in [-0.15, -0.1) is 0 Å². The Morgan fingerprint density at radius 3 is 0.882 bits per heavy atom. The van der Waals surface area contributed by atoms with Gasteiger partial charge in [0.15, 0.2) is 0 Å². The van der Waals surface area contributed by atoms with Gasteiger partial charge in [-0.3, -0.25) is 33.6 Å². The van der Waals surface area contributed by atoms with Crippen molar-refractivity contribution in [1.29, 1.82) is 0 Å². The van der Waals surface area contributed by atoms with Gasteiger partial charge in [-0.1, -0.05) is 55.4 Å². The molecule has 0 unspecified atom stereocenters. The fraction of sp³-hybridized carbons (Fsp3) is 0.467. The molecule has 0 aliphatic heterocycles. The summed E-state index contributed by atoms with van der Waals surface area (Å²) in [5.74, 6) is -5.66.